The van der Waals surface area contributed by atoms with Gasteiger partial charge in [0.05, 0.1) is 26.7 Å². The second-order valence-electron chi connectivity index (χ2n) is 6.34. The van der Waals surface area contributed by atoms with Crippen molar-refractivity contribution in [3.05, 3.63) is 47.0 Å². The summed E-state index contributed by atoms with van der Waals surface area (Å²) in [6.07, 6.45) is 0.904. The van der Waals surface area contributed by atoms with Crippen LogP contribution in [0.25, 0.3) is 0 Å². The van der Waals surface area contributed by atoms with Crippen LogP contribution in [0.15, 0.2) is 30.3 Å². The fourth-order valence-corrected chi connectivity index (χ4v) is 3.42. The second kappa shape index (κ2) is 7.85. The zero-order chi connectivity index (χ0) is 18.7. The molecule has 0 unspecified atom stereocenters. The van der Waals surface area contributed by atoms with Gasteiger partial charge in [0.2, 0.25) is 0 Å². The van der Waals surface area contributed by atoms with Crippen LogP contribution in [-0.4, -0.2) is 42.8 Å². The summed E-state index contributed by atoms with van der Waals surface area (Å²) >= 11 is 0. The molecule has 6 heteroatoms. The van der Waals surface area contributed by atoms with Crippen molar-refractivity contribution in [3.8, 4) is 23.0 Å². The Morgan fingerprint density at radius 2 is 1.85 bits per heavy atom. The van der Waals surface area contributed by atoms with E-state index in [9.17, 15) is 10.2 Å². The zero-order valence-electron chi connectivity index (χ0n) is 14.9. The molecule has 6 nitrogen and oxygen atoms in total. The van der Waals surface area contributed by atoms with Crippen molar-refractivity contribution in [2.24, 2.45) is 0 Å². The molecule has 140 valence electrons. The minimum Gasteiger partial charge on any atom is -0.508 e. The monoisotopic (exact) mass is 360 g/mol. The van der Waals surface area contributed by atoms with Crippen LogP contribution < -0.4 is 14.2 Å². The van der Waals surface area contributed by atoms with Crippen molar-refractivity contribution < 1.29 is 29.5 Å². The number of fused-ring (bicyclic) bond motifs is 1. The van der Waals surface area contributed by atoms with Gasteiger partial charge in [-0.2, -0.15) is 0 Å². The van der Waals surface area contributed by atoms with Gasteiger partial charge in [-0.05, 0) is 36.6 Å². The van der Waals surface area contributed by atoms with Gasteiger partial charge in [-0.1, -0.05) is 6.07 Å². The Morgan fingerprint density at radius 3 is 2.50 bits per heavy atom. The highest BCUT2D eigenvalue weighted by Crippen LogP contribution is 2.51. The predicted octanol–water partition coefficient (Wildman–Crippen LogP) is 2.54. The molecule has 0 spiro atoms. The molecule has 0 bridgehead atoms. The summed E-state index contributed by atoms with van der Waals surface area (Å²) in [4.78, 5) is 0. The lowest BCUT2D eigenvalue weighted by Crippen LogP contribution is -2.13. The van der Waals surface area contributed by atoms with Crippen molar-refractivity contribution in [1.29, 1.82) is 0 Å². The van der Waals surface area contributed by atoms with E-state index >= 15 is 0 Å². The minimum atomic E-state index is -0.460. The summed E-state index contributed by atoms with van der Waals surface area (Å²) in [6, 6.07) is 8.81. The van der Waals surface area contributed by atoms with Gasteiger partial charge in [-0.3, -0.25) is 0 Å². The molecule has 2 atom stereocenters. The van der Waals surface area contributed by atoms with Gasteiger partial charge in [0.15, 0.2) is 11.5 Å². The molecule has 26 heavy (non-hydrogen) atoms. The van der Waals surface area contributed by atoms with Gasteiger partial charge in [-0.25, -0.2) is 0 Å². The second-order valence-corrected chi connectivity index (χ2v) is 6.34. The number of aryl methyl sites for hydroxylation is 1. The van der Waals surface area contributed by atoms with Crippen LogP contribution in [0.5, 0.6) is 23.0 Å². The number of rotatable bonds is 7. The minimum absolute atomic E-state index is 0.0752. The molecular formula is C20H24O6. The summed E-state index contributed by atoms with van der Waals surface area (Å²) in [5.74, 6) is 1.51. The van der Waals surface area contributed by atoms with E-state index in [1.54, 1.807) is 19.2 Å². The third kappa shape index (κ3) is 3.43. The molecule has 1 heterocycles. The molecule has 0 amide bonds. The smallest absolute Gasteiger partial charge is 0.165 e. The lowest BCUT2D eigenvalue weighted by Gasteiger charge is -2.18. The van der Waals surface area contributed by atoms with E-state index in [1.807, 2.05) is 12.1 Å². The van der Waals surface area contributed by atoms with Crippen LogP contribution in [0.1, 0.15) is 35.1 Å². The number of ether oxygens (including phenoxy) is 3. The third-order valence-electron chi connectivity index (χ3n) is 4.67. The summed E-state index contributed by atoms with van der Waals surface area (Å²) in [5, 5.41) is 29.1. The van der Waals surface area contributed by atoms with E-state index in [2.05, 4.69) is 0 Å². The summed E-state index contributed by atoms with van der Waals surface area (Å²) in [7, 11) is 3.11. The summed E-state index contributed by atoms with van der Waals surface area (Å²) in [5.41, 5.74) is 2.61. The Morgan fingerprint density at radius 1 is 1.04 bits per heavy atom. The van der Waals surface area contributed by atoms with Gasteiger partial charge in [0.25, 0.3) is 0 Å². The number of hydrogen-bond acceptors (Lipinski definition) is 6. The average molecular weight is 360 g/mol. The summed E-state index contributed by atoms with van der Waals surface area (Å²) in [6.45, 7) is 0.00723. The number of hydrogen-bond donors (Lipinski definition) is 3. The fraction of sp³-hybridized carbons (Fsp3) is 0.400. The van der Waals surface area contributed by atoms with Gasteiger partial charge in [0, 0.05) is 23.8 Å². The quantitative estimate of drug-likeness (QED) is 0.703. The van der Waals surface area contributed by atoms with E-state index in [-0.39, 0.29) is 24.9 Å². The van der Waals surface area contributed by atoms with Crippen molar-refractivity contribution in [1.82, 2.24) is 0 Å². The number of aliphatic hydroxyl groups excluding tert-OH is 2. The standard InChI is InChI=1S/C20H24O6/c1-24-15-9-13(8-14(23)10-15)19-17(11-22)16-6-12(4-3-5-21)7-18(25-2)20(16)26-19/h6-10,17,19,21-23H,3-5,11H2,1-2H3/t17-,19+/m1/s1. The molecule has 0 aliphatic carbocycles. The number of phenols is 1. The normalized spacial score (nSPS) is 18.3. The largest absolute Gasteiger partial charge is 0.508 e. The van der Waals surface area contributed by atoms with E-state index in [1.165, 1.54) is 13.2 Å². The van der Waals surface area contributed by atoms with Gasteiger partial charge < -0.3 is 29.5 Å². The maximum absolute atomic E-state index is 10.0. The topological polar surface area (TPSA) is 88.4 Å². The average Bonchev–Trinajstić information content (AvgIpc) is 3.03. The first-order chi connectivity index (χ1) is 12.6. The van der Waals surface area contributed by atoms with Crippen LogP contribution in [-0.2, 0) is 6.42 Å². The maximum Gasteiger partial charge on any atom is 0.165 e. The van der Waals surface area contributed by atoms with Crippen molar-refractivity contribution in [3.63, 3.8) is 0 Å². The molecular weight excluding hydrogens is 336 g/mol. The van der Waals surface area contributed by atoms with Crippen LogP contribution in [0, 0.1) is 0 Å². The molecule has 2 aromatic carbocycles. The van der Waals surface area contributed by atoms with Crippen molar-refractivity contribution >= 4 is 0 Å². The number of aromatic hydroxyl groups is 1. The number of aliphatic hydroxyl groups is 2. The molecule has 0 aromatic heterocycles. The Hall–Kier alpha value is -2.44. The van der Waals surface area contributed by atoms with E-state index < -0.39 is 6.10 Å². The van der Waals surface area contributed by atoms with Crippen LogP contribution in [0.4, 0.5) is 0 Å². The highest BCUT2D eigenvalue weighted by atomic mass is 16.5. The Labute approximate surface area is 152 Å². The number of benzene rings is 2. The van der Waals surface area contributed by atoms with Crippen LogP contribution in [0.3, 0.4) is 0 Å². The molecule has 2 aromatic rings. The first-order valence-electron chi connectivity index (χ1n) is 8.58. The number of phenolic OH excluding ortho intramolecular Hbond substituents is 1. The Balaban J connectivity index is 2.02. The summed E-state index contributed by atoms with van der Waals surface area (Å²) < 4.78 is 16.8. The van der Waals surface area contributed by atoms with E-state index in [4.69, 9.17) is 19.3 Å². The molecule has 0 saturated carbocycles. The molecule has 1 aliphatic heterocycles. The third-order valence-corrected chi connectivity index (χ3v) is 4.67. The lowest BCUT2D eigenvalue weighted by molar-refractivity contribution is 0.156. The highest BCUT2D eigenvalue weighted by Gasteiger charge is 2.38. The van der Waals surface area contributed by atoms with E-state index in [0.717, 1.165) is 16.7 Å². The van der Waals surface area contributed by atoms with Crippen LogP contribution in [0.2, 0.25) is 0 Å². The molecule has 0 saturated heterocycles. The van der Waals surface area contributed by atoms with Crippen LogP contribution >= 0.6 is 0 Å². The molecule has 3 N–H and O–H groups in total. The van der Waals surface area contributed by atoms with Crippen molar-refractivity contribution in [2.75, 3.05) is 27.4 Å². The van der Waals surface area contributed by atoms with Gasteiger partial charge in [0.1, 0.15) is 17.6 Å². The van der Waals surface area contributed by atoms with Gasteiger partial charge in [-0.15, -0.1) is 0 Å². The maximum atomic E-state index is 10.0. The fourth-order valence-electron chi connectivity index (χ4n) is 3.42. The van der Waals surface area contributed by atoms with Gasteiger partial charge >= 0.3 is 0 Å². The SMILES string of the molecule is COc1cc(O)cc([C@@H]2Oc3c(OC)cc(CCCO)cc3[C@H]2CO)c1. The number of methoxy groups -OCH3 is 2. The first kappa shape index (κ1) is 18.4. The first-order valence-corrected chi connectivity index (χ1v) is 8.58. The van der Waals surface area contributed by atoms with Crippen molar-refractivity contribution in [2.45, 2.75) is 24.9 Å². The highest BCUT2D eigenvalue weighted by molar-refractivity contribution is 5.55. The Bertz CT molecular complexity index is 773. The zero-order valence-corrected chi connectivity index (χ0v) is 14.9. The molecule has 1 aliphatic rings. The predicted molar refractivity (Wildman–Crippen MR) is 96.3 cm³/mol. The molecule has 0 fully saturated rings. The molecule has 0 radical (unpaired) electrons. The Kier molecular flexibility index (Phi) is 5.54. The molecule has 3 rings (SSSR count). The van der Waals surface area contributed by atoms with E-state index in [0.29, 0.717) is 30.1 Å². The lowest BCUT2D eigenvalue weighted by atomic mass is 9.90.